The first-order valence-electron chi connectivity index (χ1n) is 11.0. The lowest BCUT2D eigenvalue weighted by Crippen LogP contribution is -2.41. The monoisotopic (exact) mass is 453 g/mol. The molecule has 2 fully saturated rings. The van der Waals surface area contributed by atoms with Gasteiger partial charge in [-0.2, -0.15) is 0 Å². The molecule has 6 nitrogen and oxygen atoms in total. The van der Waals surface area contributed by atoms with Crippen molar-refractivity contribution in [2.24, 2.45) is 5.92 Å². The maximum absolute atomic E-state index is 12.4. The number of amides is 1. The molecule has 162 valence electrons. The third-order valence-corrected chi connectivity index (χ3v) is 7.36. The van der Waals surface area contributed by atoms with E-state index < -0.39 is 0 Å². The number of nitrogens with one attached hydrogen (secondary N) is 1. The van der Waals surface area contributed by atoms with E-state index in [0.717, 1.165) is 54.2 Å². The molecule has 2 aromatic heterocycles. The molecule has 31 heavy (non-hydrogen) atoms. The summed E-state index contributed by atoms with van der Waals surface area (Å²) in [6.45, 7) is 3.15. The Morgan fingerprint density at radius 3 is 2.55 bits per heavy atom. The number of carbonyl (C=O) groups is 1. The highest BCUT2D eigenvalue weighted by atomic mass is 32.1. The zero-order chi connectivity index (χ0) is 21.2. The smallest absolute Gasteiger partial charge is 0.223 e. The SMILES string of the molecule is O=C(NC1CC1)C1CCN(Cn2nc(-c3cccs3)n(Cc3ccccc3)c2=S)CC1. The predicted octanol–water partition coefficient (Wildman–Crippen LogP) is 4.14. The van der Waals surface area contributed by atoms with Gasteiger partial charge < -0.3 is 5.32 Å². The average molecular weight is 454 g/mol. The Hall–Kier alpha value is -2.29. The molecule has 3 heterocycles. The van der Waals surface area contributed by atoms with Crippen LogP contribution in [0, 0.1) is 10.7 Å². The molecule has 1 aliphatic heterocycles. The van der Waals surface area contributed by atoms with Crippen LogP contribution in [0.2, 0.25) is 0 Å². The summed E-state index contributed by atoms with van der Waals surface area (Å²) in [5.74, 6) is 1.30. The summed E-state index contributed by atoms with van der Waals surface area (Å²) in [6, 6.07) is 15.0. The summed E-state index contributed by atoms with van der Waals surface area (Å²) in [7, 11) is 0. The summed E-state index contributed by atoms with van der Waals surface area (Å²) in [5, 5.41) is 10.1. The maximum atomic E-state index is 12.4. The standard InChI is InChI=1S/C23H27N5OS2/c29-22(24-19-8-9-19)18-10-12-26(13-11-18)16-28-23(30)27(15-17-5-2-1-3-6-17)21(25-28)20-7-4-14-31-20/h1-7,14,18-19H,8-13,15-16H2,(H,24,29). The number of thiophene rings is 1. The molecule has 5 rings (SSSR count). The molecule has 3 aromatic rings. The van der Waals surface area contributed by atoms with E-state index in [4.69, 9.17) is 17.3 Å². The van der Waals surface area contributed by atoms with Crippen molar-refractivity contribution in [1.82, 2.24) is 24.6 Å². The summed E-state index contributed by atoms with van der Waals surface area (Å²) >= 11 is 7.53. The highest BCUT2D eigenvalue weighted by molar-refractivity contribution is 7.71. The number of hydrogen-bond acceptors (Lipinski definition) is 5. The molecule has 2 aliphatic rings. The Labute approximate surface area is 191 Å². The minimum Gasteiger partial charge on any atom is -0.353 e. The van der Waals surface area contributed by atoms with Gasteiger partial charge >= 0.3 is 0 Å². The second kappa shape index (κ2) is 9.06. The molecule has 0 radical (unpaired) electrons. The Kier molecular flexibility index (Phi) is 6.02. The minimum absolute atomic E-state index is 0.141. The Morgan fingerprint density at radius 1 is 1.10 bits per heavy atom. The molecule has 0 atom stereocenters. The van der Waals surface area contributed by atoms with Crippen molar-refractivity contribution in [1.29, 1.82) is 0 Å². The molecule has 0 spiro atoms. The van der Waals surface area contributed by atoms with E-state index >= 15 is 0 Å². The van der Waals surface area contributed by atoms with Crippen LogP contribution in [0.5, 0.6) is 0 Å². The van der Waals surface area contributed by atoms with Crippen molar-refractivity contribution >= 4 is 29.5 Å². The Bertz CT molecular complexity index is 1080. The van der Waals surface area contributed by atoms with Crippen LogP contribution in [0.25, 0.3) is 10.7 Å². The van der Waals surface area contributed by atoms with Crippen LogP contribution < -0.4 is 5.32 Å². The van der Waals surface area contributed by atoms with Gasteiger partial charge in [-0.15, -0.1) is 16.4 Å². The lowest BCUT2D eigenvalue weighted by Gasteiger charge is -2.30. The third-order valence-electron chi connectivity index (χ3n) is 6.06. The van der Waals surface area contributed by atoms with Gasteiger partial charge in [-0.05, 0) is 54.9 Å². The summed E-state index contributed by atoms with van der Waals surface area (Å²) in [6.07, 6.45) is 4.07. The van der Waals surface area contributed by atoms with Gasteiger partial charge in [0.2, 0.25) is 5.91 Å². The number of likely N-dealkylation sites (tertiary alicyclic amines) is 1. The first kappa shape index (κ1) is 20.6. The largest absolute Gasteiger partial charge is 0.353 e. The molecule has 0 bridgehead atoms. The van der Waals surface area contributed by atoms with Gasteiger partial charge in [0.1, 0.15) is 0 Å². The molecule has 1 aromatic carbocycles. The maximum Gasteiger partial charge on any atom is 0.223 e. The first-order valence-corrected chi connectivity index (χ1v) is 12.2. The molecule has 1 amide bonds. The van der Waals surface area contributed by atoms with Crippen LogP contribution in [-0.2, 0) is 18.0 Å². The van der Waals surface area contributed by atoms with Gasteiger partial charge in [0.05, 0.1) is 18.1 Å². The second-order valence-corrected chi connectivity index (χ2v) is 9.78. The van der Waals surface area contributed by atoms with E-state index in [1.807, 2.05) is 16.8 Å². The highest BCUT2D eigenvalue weighted by Gasteiger charge is 2.30. The molecule has 8 heteroatoms. The van der Waals surface area contributed by atoms with Crippen molar-refractivity contribution < 1.29 is 4.79 Å². The van der Waals surface area contributed by atoms with E-state index in [9.17, 15) is 4.79 Å². The highest BCUT2D eigenvalue weighted by Crippen LogP contribution is 2.26. The van der Waals surface area contributed by atoms with Gasteiger partial charge in [-0.25, -0.2) is 4.68 Å². The van der Waals surface area contributed by atoms with E-state index in [1.165, 1.54) is 5.56 Å². The number of rotatable bonds is 7. The number of nitrogens with zero attached hydrogens (tertiary/aromatic N) is 4. The Morgan fingerprint density at radius 2 is 1.87 bits per heavy atom. The van der Waals surface area contributed by atoms with Gasteiger partial charge in [-0.3, -0.25) is 14.3 Å². The first-order chi connectivity index (χ1) is 15.2. The van der Waals surface area contributed by atoms with Crippen molar-refractivity contribution in [3.8, 4) is 10.7 Å². The molecule has 1 aliphatic carbocycles. The number of benzene rings is 1. The van der Waals surface area contributed by atoms with Crippen LogP contribution in [0.4, 0.5) is 0 Å². The van der Waals surface area contributed by atoms with Crippen LogP contribution >= 0.6 is 23.6 Å². The third kappa shape index (κ3) is 4.81. The zero-order valence-corrected chi connectivity index (χ0v) is 19.1. The average Bonchev–Trinajstić information content (AvgIpc) is 3.34. The fraction of sp³-hybridized carbons (Fsp3) is 0.435. The van der Waals surface area contributed by atoms with Crippen molar-refractivity contribution in [3.05, 3.63) is 58.2 Å². The minimum atomic E-state index is 0.141. The second-order valence-electron chi connectivity index (χ2n) is 8.47. The normalized spacial score (nSPS) is 17.7. The van der Waals surface area contributed by atoms with Crippen LogP contribution in [-0.4, -0.2) is 44.3 Å². The molecule has 0 unspecified atom stereocenters. The van der Waals surface area contributed by atoms with Gasteiger partial charge in [-0.1, -0.05) is 36.4 Å². The lowest BCUT2D eigenvalue weighted by atomic mass is 9.96. The predicted molar refractivity (Wildman–Crippen MR) is 125 cm³/mol. The summed E-state index contributed by atoms with van der Waals surface area (Å²) in [4.78, 5) is 15.8. The van der Waals surface area contributed by atoms with Crippen LogP contribution in [0.15, 0.2) is 47.8 Å². The molecular weight excluding hydrogens is 426 g/mol. The lowest BCUT2D eigenvalue weighted by molar-refractivity contribution is -0.126. The molecular formula is C23H27N5OS2. The molecule has 1 saturated heterocycles. The molecule has 1 saturated carbocycles. The number of piperidine rings is 1. The van der Waals surface area contributed by atoms with E-state index in [2.05, 4.69) is 50.5 Å². The van der Waals surface area contributed by atoms with E-state index in [0.29, 0.717) is 19.3 Å². The van der Waals surface area contributed by atoms with Crippen molar-refractivity contribution in [3.63, 3.8) is 0 Å². The number of carbonyl (C=O) groups excluding carboxylic acids is 1. The van der Waals surface area contributed by atoms with E-state index in [1.54, 1.807) is 11.3 Å². The number of aromatic nitrogens is 3. The fourth-order valence-electron chi connectivity index (χ4n) is 4.10. The van der Waals surface area contributed by atoms with Crippen LogP contribution in [0.3, 0.4) is 0 Å². The molecule has 1 N–H and O–H groups in total. The number of hydrogen-bond donors (Lipinski definition) is 1. The quantitative estimate of drug-likeness (QED) is 0.547. The summed E-state index contributed by atoms with van der Waals surface area (Å²) < 4.78 is 4.81. The summed E-state index contributed by atoms with van der Waals surface area (Å²) in [5.41, 5.74) is 1.21. The van der Waals surface area contributed by atoms with Gasteiger partial charge in [0, 0.05) is 25.0 Å². The topological polar surface area (TPSA) is 55.1 Å². The Balaban J connectivity index is 1.31. The fourth-order valence-corrected chi connectivity index (χ4v) is 5.07. The zero-order valence-electron chi connectivity index (χ0n) is 17.4. The van der Waals surface area contributed by atoms with Crippen LogP contribution in [0.1, 0.15) is 31.2 Å². The van der Waals surface area contributed by atoms with Crippen molar-refractivity contribution in [2.45, 2.75) is 44.9 Å². The van der Waals surface area contributed by atoms with Crippen molar-refractivity contribution in [2.75, 3.05) is 13.1 Å². The van der Waals surface area contributed by atoms with Gasteiger partial charge in [0.15, 0.2) is 10.6 Å². The van der Waals surface area contributed by atoms with E-state index in [-0.39, 0.29) is 11.8 Å². The van der Waals surface area contributed by atoms with Gasteiger partial charge in [0.25, 0.3) is 0 Å².